The van der Waals surface area contributed by atoms with Gasteiger partial charge in [0.05, 0.1) is 12.1 Å². The molecule has 5 heteroatoms. The summed E-state index contributed by atoms with van der Waals surface area (Å²) in [6.45, 7) is 3.27. The van der Waals surface area contributed by atoms with E-state index in [9.17, 15) is 0 Å². The van der Waals surface area contributed by atoms with Crippen molar-refractivity contribution in [1.29, 1.82) is 0 Å². The first kappa shape index (κ1) is 11.9. The second-order valence-electron chi connectivity index (χ2n) is 4.56. The number of nitrogens with one attached hydrogen (secondary N) is 1. The first-order valence-corrected chi connectivity index (χ1v) is 6.28. The molecule has 0 aliphatic rings. The van der Waals surface area contributed by atoms with Crippen molar-refractivity contribution in [1.82, 2.24) is 20.0 Å². The van der Waals surface area contributed by atoms with Crippen LogP contribution in [0.25, 0.3) is 10.9 Å². The van der Waals surface area contributed by atoms with E-state index in [0.717, 1.165) is 6.54 Å². The molecule has 0 spiro atoms. The van der Waals surface area contributed by atoms with Crippen molar-refractivity contribution in [3.8, 4) is 0 Å². The summed E-state index contributed by atoms with van der Waals surface area (Å²) in [5.74, 6) is 1.30. The Hall–Kier alpha value is -2.14. The lowest BCUT2D eigenvalue weighted by atomic mass is 10.1. The van der Waals surface area contributed by atoms with E-state index in [-0.39, 0.29) is 0 Å². The lowest BCUT2D eigenvalue weighted by molar-refractivity contribution is 0.386. The minimum Gasteiger partial charge on any atom is -0.340 e. The van der Waals surface area contributed by atoms with Gasteiger partial charge in [0.2, 0.25) is 5.89 Å². The molecule has 0 atom stereocenters. The summed E-state index contributed by atoms with van der Waals surface area (Å²) in [4.78, 5) is 4.25. The maximum absolute atomic E-state index is 5.02. The minimum absolute atomic E-state index is 0.599. The molecule has 3 rings (SSSR count). The molecule has 19 heavy (non-hydrogen) atoms. The molecule has 0 radical (unpaired) electrons. The molecular weight excluding hydrogens is 240 g/mol. The van der Waals surface area contributed by atoms with Crippen LogP contribution in [0.2, 0.25) is 0 Å². The SMILES string of the molecule is CNCc1cccc2ccn(Cc3noc(C)n3)c12. The van der Waals surface area contributed by atoms with E-state index in [1.54, 1.807) is 6.92 Å². The molecular formula is C14H16N4O. The van der Waals surface area contributed by atoms with E-state index < -0.39 is 0 Å². The molecule has 0 unspecified atom stereocenters. The summed E-state index contributed by atoms with van der Waals surface area (Å²) < 4.78 is 7.18. The van der Waals surface area contributed by atoms with Gasteiger partial charge in [0.1, 0.15) is 0 Å². The van der Waals surface area contributed by atoms with Crippen LogP contribution in [0.5, 0.6) is 0 Å². The zero-order chi connectivity index (χ0) is 13.2. The fourth-order valence-electron chi connectivity index (χ4n) is 2.36. The van der Waals surface area contributed by atoms with Gasteiger partial charge in [-0.1, -0.05) is 23.4 Å². The molecule has 98 valence electrons. The van der Waals surface area contributed by atoms with Crippen LogP contribution in [0, 0.1) is 6.92 Å². The first-order valence-electron chi connectivity index (χ1n) is 6.28. The van der Waals surface area contributed by atoms with E-state index in [1.807, 2.05) is 7.05 Å². The molecule has 0 saturated carbocycles. The second-order valence-corrected chi connectivity index (χ2v) is 4.56. The lowest BCUT2D eigenvalue weighted by Crippen LogP contribution is -2.08. The molecule has 0 fully saturated rings. The third-order valence-corrected chi connectivity index (χ3v) is 3.12. The zero-order valence-electron chi connectivity index (χ0n) is 11.1. The van der Waals surface area contributed by atoms with Gasteiger partial charge in [-0.3, -0.25) is 0 Å². The standard InChI is InChI=1S/C14H16N4O/c1-10-16-13(17-19-10)9-18-7-6-11-4-3-5-12(8-15-2)14(11)18/h3-7,15H,8-9H2,1-2H3. The topological polar surface area (TPSA) is 55.9 Å². The fourth-order valence-corrected chi connectivity index (χ4v) is 2.36. The van der Waals surface area contributed by atoms with Crippen molar-refractivity contribution in [3.05, 3.63) is 47.7 Å². The van der Waals surface area contributed by atoms with E-state index in [2.05, 4.69) is 50.5 Å². The highest BCUT2D eigenvalue weighted by atomic mass is 16.5. The van der Waals surface area contributed by atoms with Crippen molar-refractivity contribution in [2.75, 3.05) is 7.05 Å². The predicted octanol–water partition coefficient (Wildman–Crippen LogP) is 2.10. The van der Waals surface area contributed by atoms with Gasteiger partial charge >= 0.3 is 0 Å². The minimum atomic E-state index is 0.599. The number of para-hydroxylation sites is 1. The van der Waals surface area contributed by atoms with E-state index in [0.29, 0.717) is 18.3 Å². The number of benzene rings is 1. The van der Waals surface area contributed by atoms with Crippen molar-refractivity contribution in [3.63, 3.8) is 0 Å². The number of aryl methyl sites for hydroxylation is 1. The summed E-state index contributed by atoms with van der Waals surface area (Å²) in [5.41, 5.74) is 2.49. The summed E-state index contributed by atoms with van der Waals surface area (Å²) in [6.07, 6.45) is 2.06. The van der Waals surface area contributed by atoms with Crippen molar-refractivity contribution < 1.29 is 4.52 Å². The largest absolute Gasteiger partial charge is 0.340 e. The molecule has 0 bridgehead atoms. The molecule has 0 aliphatic carbocycles. The van der Waals surface area contributed by atoms with Gasteiger partial charge in [-0.2, -0.15) is 4.98 Å². The first-order chi connectivity index (χ1) is 9.28. The van der Waals surface area contributed by atoms with Crippen LogP contribution in [-0.4, -0.2) is 21.8 Å². The number of rotatable bonds is 4. The maximum atomic E-state index is 5.02. The zero-order valence-corrected chi connectivity index (χ0v) is 11.1. The Bertz CT molecular complexity index is 698. The van der Waals surface area contributed by atoms with Crippen molar-refractivity contribution >= 4 is 10.9 Å². The van der Waals surface area contributed by atoms with Gasteiger partial charge in [-0.05, 0) is 24.1 Å². The summed E-state index contributed by atoms with van der Waals surface area (Å²) >= 11 is 0. The van der Waals surface area contributed by atoms with Gasteiger partial charge in [0.15, 0.2) is 5.82 Å². The summed E-state index contributed by atoms with van der Waals surface area (Å²) in [7, 11) is 1.95. The van der Waals surface area contributed by atoms with E-state index >= 15 is 0 Å². The number of nitrogens with zero attached hydrogens (tertiary/aromatic N) is 3. The lowest BCUT2D eigenvalue weighted by Gasteiger charge is -2.07. The number of aromatic nitrogens is 3. The van der Waals surface area contributed by atoms with Crippen LogP contribution < -0.4 is 5.32 Å². The van der Waals surface area contributed by atoms with Gasteiger partial charge in [-0.25, -0.2) is 0 Å². The Morgan fingerprint density at radius 2 is 2.21 bits per heavy atom. The van der Waals surface area contributed by atoms with Crippen LogP contribution in [0.4, 0.5) is 0 Å². The summed E-state index contributed by atoms with van der Waals surface area (Å²) in [6, 6.07) is 8.45. The molecule has 0 amide bonds. The molecule has 1 aromatic carbocycles. The Morgan fingerprint density at radius 3 is 2.95 bits per heavy atom. The van der Waals surface area contributed by atoms with Crippen LogP contribution in [0.1, 0.15) is 17.3 Å². The van der Waals surface area contributed by atoms with Crippen LogP contribution in [0.3, 0.4) is 0 Å². The van der Waals surface area contributed by atoms with Gasteiger partial charge in [0, 0.05) is 19.7 Å². The van der Waals surface area contributed by atoms with E-state index in [1.165, 1.54) is 16.5 Å². The van der Waals surface area contributed by atoms with Gasteiger partial charge in [-0.15, -0.1) is 0 Å². The summed E-state index contributed by atoms with van der Waals surface area (Å²) in [5, 5.41) is 8.38. The Labute approximate surface area is 111 Å². The molecule has 0 saturated heterocycles. The maximum Gasteiger partial charge on any atom is 0.223 e. The second kappa shape index (κ2) is 4.85. The number of hydrogen-bond donors (Lipinski definition) is 1. The molecule has 2 aromatic heterocycles. The highest BCUT2D eigenvalue weighted by molar-refractivity contribution is 5.83. The number of fused-ring (bicyclic) bond motifs is 1. The van der Waals surface area contributed by atoms with Crippen LogP contribution >= 0.6 is 0 Å². The smallest absolute Gasteiger partial charge is 0.223 e. The molecule has 2 heterocycles. The molecule has 1 N–H and O–H groups in total. The van der Waals surface area contributed by atoms with Gasteiger partial charge < -0.3 is 14.4 Å². The third kappa shape index (κ3) is 2.24. The highest BCUT2D eigenvalue weighted by Gasteiger charge is 2.09. The monoisotopic (exact) mass is 256 g/mol. The molecule has 3 aromatic rings. The predicted molar refractivity (Wildman–Crippen MR) is 72.8 cm³/mol. The van der Waals surface area contributed by atoms with Gasteiger partial charge in [0.25, 0.3) is 0 Å². The van der Waals surface area contributed by atoms with E-state index in [4.69, 9.17) is 4.52 Å². The highest BCUT2D eigenvalue weighted by Crippen LogP contribution is 2.21. The Morgan fingerprint density at radius 1 is 1.32 bits per heavy atom. The molecule has 0 aliphatic heterocycles. The normalized spacial score (nSPS) is 11.3. The quantitative estimate of drug-likeness (QED) is 0.776. The average Bonchev–Trinajstić information content (AvgIpc) is 2.98. The van der Waals surface area contributed by atoms with Crippen LogP contribution in [-0.2, 0) is 13.1 Å². The average molecular weight is 256 g/mol. The van der Waals surface area contributed by atoms with Crippen LogP contribution in [0.15, 0.2) is 35.0 Å². The third-order valence-electron chi connectivity index (χ3n) is 3.12. The molecule has 5 nitrogen and oxygen atoms in total. The Balaban J connectivity index is 2.03. The van der Waals surface area contributed by atoms with Crippen molar-refractivity contribution in [2.24, 2.45) is 0 Å². The Kier molecular flexibility index (Phi) is 3.05. The van der Waals surface area contributed by atoms with Crippen molar-refractivity contribution in [2.45, 2.75) is 20.0 Å². The fraction of sp³-hybridized carbons (Fsp3) is 0.286. The number of hydrogen-bond acceptors (Lipinski definition) is 4.